The van der Waals surface area contributed by atoms with Crippen molar-refractivity contribution in [2.24, 2.45) is 0 Å². The summed E-state index contributed by atoms with van der Waals surface area (Å²) in [7, 11) is 0. The normalized spacial score (nSPS) is 18.6. The monoisotopic (exact) mass is 270 g/mol. The summed E-state index contributed by atoms with van der Waals surface area (Å²) in [5, 5.41) is 15.3. The van der Waals surface area contributed by atoms with Gasteiger partial charge in [0.25, 0.3) is 0 Å². The van der Waals surface area contributed by atoms with E-state index in [0.717, 1.165) is 42.3 Å². The molecule has 3 heteroatoms. The lowest BCUT2D eigenvalue weighted by Gasteiger charge is -2.27. The van der Waals surface area contributed by atoms with Crippen LogP contribution in [0.5, 0.6) is 0 Å². The fourth-order valence-electron chi connectivity index (χ4n) is 3.07. The molecule has 3 rings (SSSR count). The Hall–Kier alpha value is -1.61. The number of hydrogen-bond donors (Lipinski definition) is 2. The molecule has 0 amide bonds. The topological polar surface area (TPSA) is 45.1 Å². The van der Waals surface area contributed by atoms with E-state index in [1.54, 1.807) is 0 Å². The van der Waals surface area contributed by atoms with Crippen LogP contribution in [0.15, 0.2) is 36.5 Å². The van der Waals surface area contributed by atoms with Crippen LogP contribution < -0.4 is 5.32 Å². The summed E-state index contributed by atoms with van der Waals surface area (Å²) in [6, 6.07) is 10.1. The Kier molecular flexibility index (Phi) is 3.88. The molecule has 2 N–H and O–H groups in total. The second kappa shape index (κ2) is 5.80. The van der Waals surface area contributed by atoms with Gasteiger partial charge < -0.3 is 10.4 Å². The SMILES string of the molecule is OC1(CNc2ccnc3ccccc23)CCCCCC1. The van der Waals surface area contributed by atoms with Gasteiger partial charge in [-0.1, -0.05) is 43.9 Å². The molecular formula is C17H22N2O. The van der Waals surface area contributed by atoms with Crippen molar-refractivity contribution in [3.05, 3.63) is 36.5 Å². The van der Waals surface area contributed by atoms with Crippen molar-refractivity contribution in [1.29, 1.82) is 0 Å². The second-order valence-electron chi connectivity index (χ2n) is 5.87. The van der Waals surface area contributed by atoms with Gasteiger partial charge in [-0.05, 0) is 25.0 Å². The number of fused-ring (bicyclic) bond motifs is 1. The molecule has 0 bridgehead atoms. The van der Waals surface area contributed by atoms with Crippen molar-refractivity contribution < 1.29 is 5.11 Å². The van der Waals surface area contributed by atoms with E-state index >= 15 is 0 Å². The smallest absolute Gasteiger partial charge is 0.0819 e. The number of benzene rings is 1. The first-order valence-corrected chi connectivity index (χ1v) is 7.57. The van der Waals surface area contributed by atoms with E-state index in [0.29, 0.717) is 6.54 Å². The van der Waals surface area contributed by atoms with Gasteiger partial charge in [0.05, 0.1) is 11.1 Å². The van der Waals surface area contributed by atoms with Gasteiger partial charge in [0, 0.05) is 23.8 Å². The molecule has 0 aliphatic heterocycles. The molecule has 0 atom stereocenters. The lowest BCUT2D eigenvalue weighted by atomic mass is 9.94. The maximum atomic E-state index is 10.7. The van der Waals surface area contributed by atoms with Crippen LogP contribution in [0.2, 0.25) is 0 Å². The van der Waals surface area contributed by atoms with Crippen LogP contribution in [0.4, 0.5) is 5.69 Å². The number of anilines is 1. The third-order valence-electron chi connectivity index (χ3n) is 4.29. The maximum absolute atomic E-state index is 10.7. The summed E-state index contributed by atoms with van der Waals surface area (Å²) in [5.41, 5.74) is 1.50. The van der Waals surface area contributed by atoms with Crippen molar-refractivity contribution >= 4 is 16.6 Å². The minimum absolute atomic E-state index is 0.555. The quantitative estimate of drug-likeness (QED) is 0.835. The van der Waals surface area contributed by atoms with Gasteiger partial charge in [-0.25, -0.2) is 0 Å². The lowest BCUT2D eigenvalue weighted by molar-refractivity contribution is 0.0381. The summed E-state index contributed by atoms with van der Waals surface area (Å²) in [6.45, 7) is 0.626. The van der Waals surface area contributed by atoms with E-state index in [2.05, 4.69) is 16.4 Å². The standard InChI is InChI=1S/C17H22N2O/c20-17(10-5-1-2-6-11-17)13-19-16-9-12-18-15-8-4-3-7-14(15)16/h3-4,7-9,12,20H,1-2,5-6,10-11,13H2,(H,18,19). The van der Waals surface area contributed by atoms with Crippen LogP contribution in [-0.4, -0.2) is 22.2 Å². The Morgan fingerprint density at radius 1 is 1.05 bits per heavy atom. The van der Waals surface area contributed by atoms with E-state index in [1.165, 1.54) is 12.8 Å². The predicted molar refractivity (Wildman–Crippen MR) is 82.9 cm³/mol. The van der Waals surface area contributed by atoms with Crippen LogP contribution in [0.3, 0.4) is 0 Å². The van der Waals surface area contributed by atoms with E-state index < -0.39 is 5.60 Å². The first kappa shape index (κ1) is 13.4. The Morgan fingerprint density at radius 2 is 1.80 bits per heavy atom. The van der Waals surface area contributed by atoms with Gasteiger partial charge in [0.15, 0.2) is 0 Å². The second-order valence-corrected chi connectivity index (χ2v) is 5.87. The molecule has 1 aliphatic rings. The Labute approximate surface area is 120 Å². The van der Waals surface area contributed by atoms with Crippen molar-refractivity contribution in [2.45, 2.75) is 44.1 Å². The van der Waals surface area contributed by atoms with E-state index in [9.17, 15) is 5.11 Å². The highest BCUT2D eigenvalue weighted by molar-refractivity contribution is 5.90. The summed E-state index contributed by atoms with van der Waals surface area (Å²) >= 11 is 0. The largest absolute Gasteiger partial charge is 0.388 e. The van der Waals surface area contributed by atoms with Crippen molar-refractivity contribution in [1.82, 2.24) is 4.98 Å². The average Bonchev–Trinajstić information content (AvgIpc) is 2.70. The zero-order valence-corrected chi connectivity index (χ0v) is 11.8. The molecule has 20 heavy (non-hydrogen) atoms. The predicted octanol–water partition coefficient (Wildman–Crippen LogP) is 3.73. The summed E-state index contributed by atoms with van der Waals surface area (Å²) in [4.78, 5) is 4.37. The molecule has 0 spiro atoms. The van der Waals surface area contributed by atoms with Gasteiger partial charge in [-0.3, -0.25) is 4.98 Å². The third-order valence-corrected chi connectivity index (χ3v) is 4.29. The molecule has 1 fully saturated rings. The van der Waals surface area contributed by atoms with Crippen molar-refractivity contribution in [3.63, 3.8) is 0 Å². The molecule has 0 unspecified atom stereocenters. The van der Waals surface area contributed by atoms with E-state index in [-0.39, 0.29) is 0 Å². The van der Waals surface area contributed by atoms with Crippen LogP contribution in [-0.2, 0) is 0 Å². The Bertz CT molecular complexity index is 569. The highest BCUT2D eigenvalue weighted by Gasteiger charge is 2.27. The van der Waals surface area contributed by atoms with Gasteiger partial charge in [-0.2, -0.15) is 0 Å². The van der Waals surface area contributed by atoms with Gasteiger partial charge in [0.2, 0.25) is 0 Å². The first-order valence-electron chi connectivity index (χ1n) is 7.57. The van der Waals surface area contributed by atoms with Gasteiger partial charge in [-0.15, -0.1) is 0 Å². The van der Waals surface area contributed by atoms with Crippen LogP contribution in [0.25, 0.3) is 10.9 Å². The highest BCUT2D eigenvalue weighted by atomic mass is 16.3. The first-order chi connectivity index (χ1) is 9.77. The van der Waals surface area contributed by atoms with E-state index in [4.69, 9.17) is 0 Å². The van der Waals surface area contributed by atoms with Crippen molar-refractivity contribution in [3.8, 4) is 0 Å². The molecule has 0 radical (unpaired) electrons. The van der Waals surface area contributed by atoms with Gasteiger partial charge in [0.1, 0.15) is 0 Å². The van der Waals surface area contributed by atoms with Crippen LogP contribution >= 0.6 is 0 Å². The molecule has 106 valence electrons. The Balaban J connectivity index is 1.76. The molecule has 1 aromatic heterocycles. The number of nitrogens with zero attached hydrogens (tertiary/aromatic N) is 1. The molecule has 2 aromatic rings. The highest BCUT2D eigenvalue weighted by Crippen LogP contribution is 2.28. The Morgan fingerprint density at radius 3 is 2.60 bits per heavy atom. The molecule has 1 heterocycles. The fraction of sp³-hybridized carbons (Fsp3) is 0.471. The summed E-state index contributed by atoms with van der Waals surface area (Å²) in [6.07, 6.45) is 8.40. The molecule has 1 aromatic carbocycles. The molecule has 1 aliphatic carbocycles. The minimum Gasteiger partial charge on any atom is -0.388 e. The van der Waals surface area contributed by atoms with Gasteiger partial charge >= 0.3 is 0 Å². The number of aromatic nitrogens is 1. The zero-order valence-electron chi connectivity index (χ0n) is 11.8. The summed E-state index contributed by atoms with van der Waals surface area (Å²) in [5.74, 6) is 0. The molecule has 3 nitrogen and oxygen atoms in total. The minimum atomic E-state index is -0.555. The van der Waals surface area contributed by atoms with E-state index in [1.807, 2.05) is 30.5 Å². The number of pyridine rings is 1. The number of nitrogens with one attached hydrogen (secondary N) is 1. The fourth-order valence-corrected chi connectivity index (χ4v) is 3.07. The average molecular weight is 270 g/mol. The molecule has 1 saturated carbocycles. The van der Waals surface area contributed by atoms with Crippen molar-refractivity contribution in [2.75, 3.05) is 11.9 Å². The number of aliphatic hydroxyl groups is 1. The number of hydrogen-bond acceptors (Lipinski definition) is 3. The molecule has 0 saturated heterocycles. The summed E-state index contributed by atoms with van der Waals surface area (Å²) < 4.78 is 0. The molecular weight excluding hydrogens is 248 g/mol. The van der Waals surface area contributed by atoms with Crippen LogP contribution in [0.1, 0.15) is 38.5 Å². The number of para-hydroxylation sites is 1. The third kappa shape index (κ3) is 2.93. The van der Waals surface area contributed by atoms with Crippen LogP contribution in [0, 0.1) is 0 Å². The number of rotatable bonds is 3. The zero-order chi connectivity index (χ0) is 13.8. The lowest BCUT2D eigenvalue weighted by Crippen LogP contribution is -2.36. The maximum Gasteiger partial charge on any atom is 0.0819 e.